The Morgan fingerprint density at radius 2 is 2.24 bits per heavy atom. The molecule has 2 rings (SSSR count). The van der Waals surface area contributed by atoms with Gasteiger partial charge in [-0.2, -0.15) is 0 Å². The summed E-state index contributed by atoms with van der Waals surface area (Å²) in [6.45, 7) is 3.28. The van der Waals surface area contributed by atoms with Crippen LogP contribution in [0.4, 0.5) is 0 Å². The minimum atomic E-state index is -0.279. The van der Waals surface area contributed by atoms with Gasteiger partial charge in [0.15, 0.2) is 0 Å². The van der Waals surface area contributed by atoms with Crippen LogP contribution in [0.1, 0.15) is 43.4 Å². The first-order chi connectivity index (χ1) is 10.3. The van der Waals surface area contributed by atoms with E-state index in [0.29, 0.717) is 13.0 Å². The maximum Gasteiger partial charge on any atom is 0.322 e. The van der Waals surface area contributed by atoms with Crippen molar-refractivity contribution in [2.24, 2.45) is 0 Å². The van der Waals surface area contributed by atoms with E-state index >= 15 is 0 Å². The molecule has 2 unspecified atom stereocenters. The van der Waals surface area contributed by atoms with E-state index in [0.717, 1.165) is 25.8 Å². The molecule has 0 saturated heterocycles. The molecule has 1 aromatic rings. The highest BCUT2D eigenvalue weighted by molar-refractivity contribution is 5.75. The van der Waals surface area contributed by atoms with Gasteiger partial charge in [-0.25, -0.2) is 0 Å². The Balaban J connectivity index is 1.87. The van der Waals surface area contributed by atoms with Crippen LogP contribution in [0, 0.1) is 0 Å². The Morgan fingerprint density at radius 3 is 3.00 bits per heavy atom. The summed E-state index contributed by atoms with van der Waals surface area (Å²) in [7, 11) is 1.42. The molecule has 0 radical (unpaired) electrons. The Hall–Kier alpha value is -1.39. The summed E-state index contributed by atoms with van der Waals surface area (Å²) < 4.78 is 10.8. The van der Waals surface area contributed by atoms with Crippen molar-refractivity contribution < 1.29 is 14.3 Å². The zero-order valence-corrected chi connectivity index (χ0v) is 12.9. The highest BCUT2D eigenvalue weighted by Gasteiger charge is 2.22. The van der Waals surface area contributed by atoms with Crippen LogP contribution in [0.5, 0.6) is 0 Å². The van der Waals surface area contributed by atoms with Gasteiger partial charge in [0.05, 0.1) is 13.2 Å². The highest BCUT2D eigenvalue weighted by atomic mass is 16.5. The van der Waals surface area contributed by atoms with Crippen LogP contribution in [-0.2, 0) is 20.7 Å². The number of likely N-dealkylation sites (N-methyl/N-ethyl adjacent to an activating group) is 1. The summed E-state index contributed by atoms with van der Waals surface area (Å²) in [4.78, 5) is 11.6. The van der Waals surface area contributed by atoms with Gasteiger partial charge in [0.25, 0.3) is 0 Å². The zero-order valence-electron chi connectivity index (χ0n) is 12.9. The van der Waals surface area contributed by atoms with Gasteiger partial charge >= 0.3 is 5.97 Å². The van der Waals surface area contributed by atoms with Crippen molar-refractivity contribution in [2.75, 3.05) is 20.3 Å². The van der Waals surface area contributed by atoms with Crippen molar-refractivity contribution >= 4 is 5.97 Å². The molecule has 1 aliphatic carbocycles. The van der Waals surface area contributed by atoms with E-state index in [-0.39, 0.29) is 18.1 Å². The number of hydrogen-bond donors (Lipinski definition) is 1. The third-order valence-corrected chi connectivity index (χ3v) is 3.98. The van der Waals surface area contributed by atoms with E-state index in [2.05, 4.69) is 29.6 Å². The molecular formula is C17H25NO3. The van der Waals surface area contributed by atoms with Gasteiger partial charge in [0, 0.05) is 6.61 Å². The first-order valence-electron chi connectivity index (χ1n) is 7.76. The minimum absolute atomic E-state index is 0.162. The number of ether oxygens (including phenoxy) is 2. The van der Waals surface area contributed by atoms with E-state index in [1.807, 2.05) is 6.92 Å². The lowest BCUT2D eigenvalue weighted by atomic mass is 9.89. The number of benzene rings is 1. The molecule has 0 spiro atoms. The monoisotopic (exact) mass is 291 g/mol. The number of hydrogen-bond acceptors (Lipinski definition) is 4. The van der Waals surface area contributed by atoms with Crippen molar-refractivity contribution in [2.45, 2.75) is 44.8 Å². The topological polar surface area (TPSA) is 47.6 Å². The van der Waals surface area contributed by atoms with Crippen LogP contribution in [-0.4, -0.2) is 32.3 Å². The second-order valence-corrected chi connectivity index (χ2v) is 5.37. The van der Waals surface area contributed by atoms with Crippen molar-refractivity contribution in [1.82, 2.24) is 5.32 Å². The number of rotatable bonds is 7. The lowest BCUT2D eigenvalue weighted by Crippen LogP contribution is -2.38. The quantitative estimate of drug-likeness (QED) is 0.785. The van der Waals surface area contributed by atoms with Crippen molar-refractivity contribution in [3.8, 4) is 0 Å². The third kappa shape index (κ3) is 4.29. The SMILES string of the molecule is CCNC(CCOC1CCCc2ccccc21)C(=O)OC. The summed E-state index contributed by atoms with van der Waals surface area (Å²) in [5.74, 6) is -0.218. The number of fused-ring (bicyclic) bond motifs is 1. The molecule has 0 fully saturated rings. The first-order valence-corrected chi connectivity index (χ1v) is 7.76. The molecule has 0 heterocycles. The van der Waals surface area contributed by atoms with Crippen LogP contribution in [0.2, 0.25) is 0 Å². The molecule has 0 amide bonds. The lowest BCUT2D eigenvalue weighted by molar-refractivity contribution is -0.143. The Labute approximate surface area is 126 Å². The second kappa shape index (κ2) is 8.15. The molecule has 4 heteroatoms. The summed E-state index contributed by atoms with van der Waals surface area (Å²) in [5, 5.41) is 3.14. The van der Waals surface area contributed by atoms with Gasteiger partial charge in [-0.15, -0.1) is 0 Å². The summed E-state index contributed by atoms with van der Waals surface area (Å²) in [6.07, 6.45) is 4.16. The van der Waals surface area contributed by atoms with E-state index in [1.165, 1.54) is 18.2 Å². The molecule has 1 aromatic carbocycles. The molecule has 116 valence electrons. The number of aryl methyl sites for hydroxylation is 1. The van der Waals surface area contributed by atoms with Crippen molar-refractivity contribution in [1.29, 1.82) is 0 Å². The average molecular weight is 291 g/mol. The zero-order chi connectivity index (χ0) is 15.1. The fourth-order valence-electron chi connectivity index (χ4n) is 2.90. The summed E-state index contributed by atoms with van der Waals surface area (Å²) >= 11 is 0. The largest absolute Gasteiger partial charge is 0.468 e. The lowest BCUT2D eigenvalue weighted by Gasteiger charge is -2.26. The molecule has 21 heavy (non-hydrogen) atoms. The second-order valence-electron chi connectivity index (χ2n) is 5.37. The number of methoxy groups -OCH3 is 1. The number of carbonyl (C=O) groups excluding carboxylic acids is 1. The maximum absolute atomic E-state index is 11.6. The molecule has 0 aromatic heterocycles. The molecule has 0 saturated carbocycles. The van der Waals surface area contributed by atoms with Gasteiger partial charge in [0.1, 0.15) is 6.04 Å². The predicted octanol–water partition coefficient (Wildman–Crippen LogP) is 2.62. The van der Waals surface area contributed by atoms with Gasteiger partial charge < -0.3 is 14.8 Å². The Kier molecular flexibility index (Phi) is 6.21. The van der Waals surface area contributed by atoms with E-state index < -0.39 is 0 Å². The van der Waals surface area contributed by atoms with Gasteiger partial charge in [-0.05, 0) is 43.4 Å². The molecule has 0 bridgehead atoms. The highest BCUT2D eigenvalue weighted by Crippen LogP contribution is 2.32. The third-order valence-electron chi connectivity index (χ3n) is 3.98. The average Bonchev–Trinajstić information content (AvgIpc) is 2.53. The standard InChI is InChI=1S/C17H25NO3/c1-3-18-15(17(19)20-2)11-12-21-16-10-6-8-13-7-4-5-9-14(13)16/h4-5,7,9,15-16,18H,3,6,8,10-12H2,1-2H3. The normalized spacial score (nSPS) is 18.9. The molecular weight excluding hydrogens is 266 g/mol. The first kappa shape index (κ1) is 16.0. The van der Waals surface area contributed by atoms with Crippen LogP contribution in [0.15, 0.2) is 24.3 Å². The Bertz CT molecular complexity index is 461. The smallest absolute Gasteiger partial charge is 0.322 e. The minimum Gasteiger partial charge on any atom is -0.468 e. The molecule has 1 N–H and O–H groups in total. The fourth-order valence-corrected chi connectivity index (χ4v) is 2.90. The van der Waals surface area contributed by atoms with Crippen LogP contribution in [0.25, 0.3) is 0 Å². The fraction of sp³-hybridized carbons (Fsp3) is 0.588. The van der Waals surface area contributed by atoms with Crippen LogP contribution < -0.4 is 5.32 Å². The maximum atomic E-state index is 11.6. The van der Waals surface area contributed by atoms with E-state index in [9.17, 15) is 4.79 Å². The summed E-state index contributed by atoms with van der Waals surface area (Å²) in [5.41, 5.74) is 2.70. The molecule has 4 nitrogen and oxygen atoms in total. The van der Waals surface area contributed by atoms with E-state index in [4.69, 9.17) is 9.47 Å². The van der Waals surface area contributed by atoms with Crippen molar-refractivity contribution in [3.63, 3.8) is 0 Å². The van der Waals surface area contributed by atoms with Crippen LogP contribution >= 0.6 is 0 Å². The predicted molar refractivity (Wildman–Crippen MR) is 82.2 cm³/mol. The van der Waals surface area contributed by atoms with Crippen molar-refractivity contribution in [3.05, 3.63) is 35.4 Å². The van der Waals surface area contributed by atoms with E-state index in [1.54, 1.807) is 0 Å². The molecule has 1 aliphatic rings. The van der Waals surface area contributed by atoms with Gasteiger partial charge in [-0.1, -0.05) is 31.2 Å². The number of esters is 1. The van der Waals surface area contributed by atoms with Gasteiger partial charge in [-0.3, -0.25) is 4.79 Å². The molecule has 2 atom stereocenters. The Morgan fingerprint density at radius 1 is 1.43 bits per heavy atom. The van der Waals surface area contributed by atoms with Crippen LogP contribution in [0.3, 0.4) is 0 Å². The van der Waals surface area contributed by atoms with Gasteiger partial charge in [0.2, 0.25) is 0 Å². The number of nitrogens with one attached hydrogen (secondary N) is 1. The summed E-state index contributed by atoms with van der Waals surface area (Å²) in [6, 6.07) is 8.21. The molecule has 0 aliphatic heterocycles. The number of carbonyl (C=O) groups is 1.